The lowest BCUT2D eigenvalue weighted by molar-refractivity contribution is -0.170. The molecule has 4 fully saturated rings. The summed E-state index contributed by atoms with van der Waals surface area (Å²) < 4.78 is 13.2. The molecule has 0 amide bonds. The van der Waals surface area contributed by atoms with E-state index < -0.39 is 5.79 Å². The van der Waals surface area contributed by atoms with E-state index >= 15 is 0 Å². The molecule has 0 radical (unpaired) electrons. The van der Waals surface area contributed by atoms with Crippen LogP contribution in [0.4, 0.5) is 0 Å². The zero-order valence-electron chi connectivity index (χ0n) is 14.9. The van der Waals surface area contributed by atoms with E-state index in [4.69, 9.17) is 9.47 Å². The fraction of sp³-hybridized carbons (Fsp3) is 0.900. The van der Waals surface area contributed by atoms with Crippen molar-refractivity contribution in [3.05, 3.63) is 12.7 Å². The highest BCUT2D eigenvalue weighted by molar-refractivity contribution is 5.22. The summed E-state index contributed by atoms with van der Waals surface area (Å²) in [5.74, 6) is 1.71. The number of hydrogen-bond acceptors (Lipinski definition) is 2. The fourth-order valence-corrected chi connectivity index (χ4v) is 7.14. The smallest absolute Gasteiger partial charge is 0.188 e. The van der Waals surface area contributed by atoms with Gasteiger partial charge in [0.15, 0.2) is 5.79 Å². The average molecular weight is 304 g/mol. The molecule has 124 valence electrons. The predicted molar refractivity (Wildman–Crippen MR) is 88.4 cm³/mol. The summed E-state index contributed by atoms with van der Waals surface area (Å²) in [6.45, 7) is 16.0. The molecule has 7 atom stereocenters. The Hall–Kier alpha value is -0.340. The third-order valence-corrected chi connectivity index (χ3v) is 8.38. The second-order valence-electron chi connectivity index (χ2n) is 9.31. The number of fused-ring (bicyclic) bond motifs is 3. The lowest BCUT2D eigenvalue weighted by Gasteiger charge is -2.47. The van der Waals surface area contributed by atoms with Crippen molar-refractivity contribution in [3.63, 3.8) is 0 Å². The molecular weight excluding hydrogens is 272 g/mol. The molecule has 2 bridgehead atoms. The van der Waals surface area contributed by atoms with Crippen LogP contribution in [-0.2, 0) is 9.47 Å². The Morgan fingerprint density at radius 2 is 1.86 bits per heavy atom. The summed E-state index contributed by atoms with van der Waals surface area (Å²) in [6, 6.07) is 0. The van der Waals surface area contributed by atoms with Crippen LogP contribution in [0.1, 0.15) is 66.7 Å². The van der Waals surface area contributed by atoms with Crippen LogP contribution in [0.25, 0.3) is 0 Å². The molecule has 4 aliphatic rings. The van der Waals surface area contributed by atoms with E-state index in [-0.39, 0.29) is 11.7 Å². The highest BCUT2D eigenvalue weighted by Gasteiger charge is 2.74. The molecule has 0 aromatic carbocycles. The second-order valence-corrected chi connectivity index (χ2v) is 9.31. The predicted octanol–water partition coefficient (Wildman–Crippen LogP) is 4.94. The van der Waals surface area contributed by atoms with Gasteiger partial charge in [0.25, 0.3) is 0 Å². The molecule has 4 rings (SSSR count). The zero-order chi connectivity index (χ0) is 16.0. The Bertz CT molecular complexity index is 512. The van der Waals surface area contributed by atoms with Gasteiger partial charge in [-0.3, -0.25) is 0 Å². The molecule has 0 N–H and O–H groups in total. The van der Waals surface area contributed by atoms with Gasteiger partial charge in [0.1, 0.15) is 0 Å². The molecule has 2 heteroatoms. The maximum absolute atomic E-state index is 6.66. The quantitative estimate of drug-likeness (QED) is 0.673. The van der Waals surface area contributed by atoms with Gasteiger partial charge in [-0.05, 0) is 67.3 Å². The SMILES string of the molecule is C=C[C@]1(CC)O[C@H]2C[C@@]34C[C@H](C(C)(C)[C@@H]3CC[C@H]4C)[C@@]2(C)O1. The van der Waals surface area contributed by atoms with Gasteiger partial charge in [-0.25, -0.2) is 0 Å². The van der Waals surface area contributed by atoms with Gasteiger partial charge >= 0.3 is 0 Å². The summed E-state index contributed by atoms with van der Waals surface area (Å²) in [4.78, 5) is 0. The Labute approximate surface area is 135 Å². The molecule has 1 aliphatic heterocycles. The minimum Gasteiger partial charge on any atom is -0.340 e. The Morgan fingerprint density at radius 3 is 2.50 bits per heavy atom. The lowest BCUT2D eigenvalue weighted by atomic mass is 9.63. The molecule has 1 spiro atoms. The summed E-state index contributed by atoms with van der Waals surface area (Å²) in [5.41, 5.74) is 0.693. The fourth-order valence-electron chi connectivity index (χ4n) is 7.14. The third kappa shape index (κ3) is 1.50. The molecule has 22 heavy (non-hydrogen) atoms. The molecular formula is C20H32O2. The minimum absolute atomic E-state index is 0.150. The first-order valence-electron chi connectivity index (χ1n) is 9.26. The van der Waals surface area contributed by atoms with E-state index in [0.717, 1.165) is 18.3 Å². The van der Waals surface area contributed by atoms with E-state index in [1.165, 1.54) is 25.7 Å². The van der Waals surface area contributed by atoms with Crippen molar-refractivity contribution >= 4 is 0 Å². The van der Waals surface area contributed by atoms with Crippen LogP contribution in [-0.4, -0.2) is 17.5 Å². The third-order valence-electron chi connectivity index (χ3n) is 8.38. The van der Waals surface area contributed by atoms with Crippen molar-refractivity contribution in [1.29, 1.82) is 0 Å². The van der Waals surface area contributed by atoms with E-state index in [9.17, 15) is 0 Å². The van der Waals surface area contributed by atoms with E-state index in [2.05, 4.69) is 41.2 Å². The Kier molecular flexibility index (Phi) is 2.89. The lowest BCUT2D eigenvalue weighted by Crippen LogP contribution is -2.52. The van der Waals surface area contributed by atoms with Gasteiger partial charge in [0, 0.05) is 6.42 Å². The molecule has 3 saturated carbocycles. The minimum atomic E-state index is -0.562. The molecule has 3 aliphatic carbocycles. The Balaban J connectivity index is 1.80. The van der Waals surface area contributed by atoms with Crippen LogP contribution in [0.15, 0.2) is 12.7 Å². The maximum atomic E-state index is 6.66. The van der Waals surface area contributed by atoms with Crippen molar-refractivity contribution in [3.8, 4) is 0 Å². The summed E-state index contributed by atoms with van der Waals surface area (Å²) in [5, 5.41) is 0. The monoisotopic (exact) mass is 304 g/mol. The van der Waals surface area contributed by atoms with Crippen LogP contribution >= 0.6 is 0 Å². The van der Waals surface area contributed by atoms with Crippen LogP contribution in [0.5, 0.6) is 0 Å². The standard InChI is InChI=1S/C20H32O2/c1-7-20(8-2)21-16-12-19-11-15(18(16,6)22-20)17(4,5)14(19)10-9-13(19)3/h7,13-16H,1,8-12H2,2-6H3/t13-,14+,15-,16+,18-,19-,20+/m1/s1. The van der Waals surface area contributed by atoms with E-state index in [1.54, 1.807) is 0 Å². The molecule has 1 saturated heterocycles. The largest absolute Gasteiger partial charge is 0.340 e. The number of rotatable bonds is 2. The number of ether oxygens (including phenoxy) is 2. The van der Waals surface area contributed by atoms with Gasteiger partial charge in [0.05, 0.1) is 11.7 Å². The van der Waals surface area contributed by atoms with Crippen molar-refractivity contribution in [2.45, 2.75) is 84.2 Å². The van der Waals surface area contributed by atoms with Crippen molar-refractivity contribution in [2.75, 3.05) is 0 Å². The first-order chi connectivity index (χ1) is 10.2. The van der Waals surface area contributed by atoms with Gasteiger partial charge < -0.3 is 9.47 Å². The molecule has 0 unspecified atom stereocenters. The normalized spacial score (nSPS) is 58.4. The van der Waals surface area contributed by atoms with Gasteiger partial charge in [0.2, 0.25) is 0 Å². The molecule has 1 heterocycles. The van der Waals surface area contributed by atoms with Gasteiger partial charge in [-0.1, -0.05) is 34.3 Å². The van der Waals surface area contributed by atoms with Crippen LogP contribution in [0.2, 0.25) is 0 Å². The summed E-state index contributed by atoms with van der Waals surface area (Å²) in [7, 11) is 0. The zero-order valence-corrected chi connectivity index (χ0v) is 14.9. The summed E-state index contributed by atoms with van der Waals surface area (Å²) in [6.07, 6.45) is 8.28. The average Bonchev–Trinajstić information content (AvgIpc) is 3.02. The topological polar surface area (TPSA) is 18.5 Å². The van der Waals surface area contributed by atoms with Crippen LogP contribution in [0.3, 0.4) is 0 Å². The van der Waals surface area contributed by atoms with Crippen molar-refractivity contribution in [1.82, 2.24) is 0 Å². The van der Waals surface area contributed by atoms with Crippen molar-refractivity contribution < 1.29 is 9.47 Å². The van der Waals surface area contributed by atoms with E-state index in [0.29, 0.717) is 16.7 Å². The molecule has 0 aromatic heterocycles. The van der Waals surface area contributed by atoms with Gasteiger partial charge in [-0.15, -0.1) is 0 Å². The number of hydrogen-bond donors (Lipinski definition) is 0. The molecule has 2 nitrogen and oxygen atoms in total. The molecule has 0 aromatic rings. The first-order valence-corrected chi connectivity index (χ1v) is 9.26. The van der Waals surface area contributed by atoms with Crippen LogP contribution < -0.4 is 0 Å². The highest BCUT2D eigenvalue weighted by Crippen LogP contribution is 2.75. The van der Waals surface area contributed by atoms with Crippen LogP contribution in [0, 0.1) is 28.6 Å². The first kappa shape index (κ1) is 15.2. The second kappa shape index (κ2) is 4.19. The van der Waals surface area contributed by atoms with E-state index in [1.807, 2.05) is 6.08 Å². The maximum Gasteiger partial charge on any atom is 0.188 e. The summed E-state index contributed by atoms with van der Waals surface area (Å²) >= 11 is 0. The van der Waals surface area contributed by atoms with Gasteiger partial charge in [-0.2, -0.15) is 0 Å². The van der Waals surface area contributed by atoms with Crippen molar-refractivity contribution in [2.24, 2.45) is 28.6 Å². The Morgan fingerprint density at radius 1 is 1.14 bits per heavy atom. The highest BCUT2D eigenvalue weighted by atomic mass is 16.8.